The van der Waals surface area contributed by atoms with E-state index in [9.17, 15) is 9.59 Å². The number of hydrogen-bond donors (Lipinski definition) is 1. The molecule has 1 aromatic heterocycles. The quantitative estimate of drug-likeness (QED) is 0.869. The second-order valence-corrected chi connectivity index (χ2v) is 4.94. The van der Waals surface area contributed by atoms with Crippen molar-refractivity contribution < 1.29 is 9.59 Å². The Morgan fingerprint density at radius 3 is 2.62 bits per heavy atom. The zero-order chi connectivity index (χ0) is 12.3. The van der Waals surface area contributed by atoms with Gasteiger partial charge in [0.2, 0.25) is 5.91 Å². The van der Waals surface area contributed by atoms with Gasteiger partial charge in [0.05, 0.1) is 11.0 Å². The van der Waals surface area contributed by atoms with Crippen LogP contribution in [0.3, 0.4) is 0 Å². The van der Waals surface area contributed by atoms with Crippen LogP contribution in [0.2, 0.25) is 0 Å². The lowest BCUT2D eigenvalue weighted by Crippen LogP contribution is -2.23. The van der Waals surface area contributed by atoms with E-state index in [4.69, 9.17) is 0 Å². The molecule has 0 atom stereocenters. The Morgan fingerprint density at radius 2 is 2.12 bits per heavy atom. The Balaban J connectivity index is 3.03. The van der Waals surface area contributed by atoms with Crippen LogP contribution in [-0.2, 0) is 4.79 Å². The van der Waals surface area contributed by atoms with Crippen LogP contribution < -0.4 is 5.32 Å². The average molecular weight is 305 g/mol. The van der Waals surface area contributed by atoms with Gasteiger partial charge in [-0.25, -0.2) is 0 Å². The molecular weight excluding hydrogens is 292 g/mol. The monoisotopic (exact) mass is 304 g/mol. The third-order valence-electron chi connectivity index (χ3n) is 1.96. The molecule has 0 aromatic carbocycles. The summed E-state index contributed by atoms with van der Waals surface area (Å²) in [5.74, 6) is -0.253. The van der Waals surface area contributed by atoms with E-state index < -0.39 is 0 Å². The molecule has 1 rings (SSSR count). The van der Waals surface area contributed by atoms with Crippen LogP contribution in [0.4, 0.5) is 5.69 Å². The summed E-state index contributed by atoms with van der Waals surface area (Å²) in [6.07, 6.45) is 0. The fourth-order valence-corrected chi connectivity index (χ4v) is 2.30. The highest BCUT2D eigenvalue weighted by Crippen LogP contribution is 2.28. The molecule has 0 aliphatic carbocycles. The van der Waals surface area contributed by atoms with E-state index in [1.807, 2.05) is 12.3 Å². The topological polar surface area (TPSA) is 49.4 Å². The number of halogens is 1. The van der Waals surface area contributed by atoms with E-state index in [0.29, 0.717) is 10.6 Å². The van der Waals surface area contributed by atoms with Crippen LogP contribution >= 0.6 is 27.3 Å². The number of nitrogens with one attached hydrogen (secondary N) is 1. The van der Waals surface area contributed by atoms with Crippen LogP contribution in [0.25, 0.3) is 0 Å². The number of alkyl halides is 1. The zero-order valence-corrected chi connectivity index (χ0v) is 11.7. The molecule has 1 heterocycles. The van der Waals surface area contributed by atoms with Crippen molar-refractivity contribution >= 4 is 44.8 Å². The average Bonchev–Trinajstić information content (AvgIpc) is 2.59. The Labute approximate surface area is 107 Å². The summed E-state index contributed by atoms with van der Waals surface area (Å²) in [6.45, 7) is 1.87. The number of thiophene rings is 1. The number of hydrogen-bond acceptors (Lipinski definition) is 3. The summed E-state index contributed by atoms with van der Waals surface area (Å²) in [6, 6.07) is 0. The van der Waals surface area contributed by atoms with E-state index >= 15 is 0 Å². The summed E-state index contributed by atoms with van der Waals surface area (Å²) in [5, 5.41) is 4.80. The molecule has 0 saturated heterocycles. The third kappa shape index (κ3) is 2.82. The SMILES string of the molecule is Cc1csc(C(=O)N(C)C)c1NC(=O)CBr. The van der Waals surface area contributed by atoms with Gasteiger partial charge in [-0.2, -0.15) is 0 Å². The number of anilines is 1. The van der Waals surface area contributed by atoms with Crippen molar-refractivity contribution in [1.29, 1.82) is 0 Å². The van der Waals surface area contributed by atoms with Crippen LogP contribution in [-0.4, -0.2) is 36.1 Å². The van der Waals surface area contributed by atoms with Gasteiger partial charge in [0.1, 0.15) is 4.88 Å². The van der Waals surface area contributed by atoms with Gasteiger partial charge in [0, 0.05) is 14.1 Å². The minimum absolute atomic E-state index is 0.0945. The van der Waals surface area contributed by atoms with E-state index in [-0.39, 0.29) is 17.1 Å². The maximum absolute atomic E-state index is 11.8. The number of nitrogens with zero attached hydrogens (tertiary/aromatic N) is 1. The predicted molar refractivity (Wildman–Crippen MR) is 69.5 cm³/mol. The van der Waals surface area contributed by atoms with Crippen molar-refractivity contribution in [2.24, 2.45) is 0 Å². The Morgan fingerprint density at radius 1 is 1.50 bits per heavy atom. The molecule has 0 aliphatic rings. The van der Waals surface area contributed by atoms with Crippen LogP contribution in [0, 0.1) is 6.92 Å². The first-order valence-corrected chi connectivity index (χ1v) is 6.63. The molecule has 0 bridgehead atoms. The molecule has 0 unspecified atom stereocenters. The van der Waals surface area contributed by atoms with Crippen molar-refractivity contribution in [3.05, 3.63) is 15.8 Å². The largest absolute Gasteiger partial charge is 0.344 e. The van der Waals surface area contributed by atoms with Crippen LogP contribution in [0.1, 0.15) is 15.2 Å². The molecule has 0 radical (unpaired) electrons. The first-order chi connectivity index (χ1) is 7.47. The molecule has 4 nitrogen and oxygen atoms in total. The van der Waals surface area contributed by atoms with Gasteiger partial charge in [-0.3, -0.25) is 9.59 Å². The molecule has 2 amide bonds. The predicted octanol–water partition coefficient (Wildman–Crippen LogP) is 2.09. The fraction of sp³-hybridized carbons (Fsp3) is 0.400. The van der Waals surface area contributed by atoms with Gasteiger partial charge in [-0.15, -0.1) is 11.3 Å². The van der Waals surface area contributed by atoms with E-state index in [1.165, 1.54) is 16.2 Å². The Hall–Kier alpha value is -0.880. The van der Waals surface area contributed by atoms with Gasteiger partial charge < -0.3 is 10.2 Å². The van der Waals surface area contributed by atoms with Gasteiger partial charge in [0.25, 0.3) is 5.91 Å². The molecule has 6 heteroatoms. The summed E-state index contributed by atoms with van der Waals surface area (Å²) in [4.78, 5) is 25.2. The first kappa shape index (κ1) is 13.2. The summed E-state index contributed by atoms with van der Waals surface area (Å²) in [5.41, 5.74) is 1.53. The third-order valence-corrected chi connectivity index (χ3v) is 3.56. The number of amides is 2. The van der Waals surface area contributed by atoms with E-state index in [2.05, 4.69) is 21.2 Å². The highest BCUT2D eigenvalue weighted by atomic mass is 79.9. The van der Waals surface area contributed by atoms with Crippen molar-refractivity contribution in [3.63, 3.8) is 0 Å². The van der Waals surface area contributed by atoms with Crippen molar-refractivity contribution in [1.82, 2.24) is 4.90 Å². The maximum atomic E-state index is 11.8. The molecule has 0 fully saturated rings. The number of rotatable bonds is 3. The number of carbonyl (C=O) groups excluding carboxylic acids is 2. The summed E-state index contributed by atoms with van der Waals surface area (Å²) >= 11 is 4.42. The van der Waals surface area contributed by atoms with Crippen LogP contribution in [0.15, 0.2) is 5.38 Å². The minimum atomic E-state index is -0.158. The zero-order valence-electron chi connectivity index (χ0n) is 9.33. The lowest BCUT2D eigenvalue weighted by atomic mass is 10.2. The number of aryl methyl sites for hydroxylation is 1. The highest BCUT2D eigenvalue weighted by Gasteiger charge is 2.18. The van der Waals surface area contributed by atoms with Gasteiger partial charge >= 0.3 is 0 Å². The fourth-order valence-electron chi connectivity index (χ4n) is 1.13. The maximum Gasteiger partial charge on any atom is 0.265 e. The normalized spacial score (nSPS) is 10.0. The lowest BCUT2D eigenvalue weighted by molar-refractivity contribution is -0.113. The molecule has 1 aromatic rings. The first-order valence-electron chi connectivity index (χ1n) is 4.63. The number of carbonyl (C=O) groups is 2. The lowest BCUT2D eigenvalue weighted by Gasteiger charge is -2.11. The van der Waals surface area contributed by atoms with Gasteiger partial charge in [0.15, 0.2) is 0 Å². The van der Waals surface area contributed by atoms with Crippen molar-refractivity contribution in [2.75, 3.05) is 24.7 Å². The summed E-state index contributed by atoms with van der Waals surface area (Å²) in [7, 11) is 3.38. The van der Waals surface area contributed by atoms with Gasteiger partial charge in [-0.05, 0) is 17.9 Å². The Bertz CT molecular complexity index is 415. The molecule has 0 saturated carbocycles. The van der Waals surface area contributed by atoms with Crippen molar-refractivity contribution in [2.45, 2.75) is 6.92 Å². The minimum Gasteiger partial charge on any atom is -0.344 e. The Kier molecular flexibility index (Phi) is 4.49. The molecular formula is C10H13BrN2O2S. The van der Waals surface area contributed by atoms with Crippen molar-refractivity contribution in [3.8, 4) is 0 Å². The standard InChI is InChI=1S/C10H13BrN2O2S/c1-6-5-16-9(10(15)13(2)3)8(6)12-7(14)4-11/h5H,4H2,1-3H3,(H,12,14). The molecule has 1 N–H and O–H groups in total. The van der Waals surface area contributed by atoms with Gasteiger partial charge in [-0.1, -0.05) is 15.9 Å². The molecule has 0 aliphatic heterocycles. The second-order valence-electron chi connectivity index (χ2n) is 3.50. The molecule has 88 valence electrons. The van der Waals surface area contributed by atoms with E-state index in [0.717, 1.165) is 5.56 Å². The highest BCUT2D eigenvalue weighted by molar-refractivity contribution is 9.09. The smallest absolute Gasteiger partial charge is 0.265 e. The molecule has 0 spiro atoms. The molecule has 16 heavy (non-hydrogen) atoms. The van der Waals surface area contributed by atoms with Crippen LogP contribution in [0.5, 0.6) is 0 Å². The van der Waals surface area contributed by atoms with E-state index in [1.54, 1.807) is 14.1 Å². The second kappa shape index (κ2) is 5.45. The summed E-state index contributed by atoms with van der Waals surface area (Å²) < 4.78 is 0.